The highest BCUT2D eigenvalue weighted by Gasteiger charge is 2.42. The Kier molecular flexibility index (Phi) is 6.01. The van der Waals surface area contributed by atoms with Crippen LogP contribution in [0.5, 0.6) is 0 Å². The van der Waals surface area contributed by atoms with Gasteiger partial charge in [0.15, 0.2) is 8.07 Å². The average Bonchev–Trinajstić information content (AvgIpc) is 1.47. The van der Waals surface area contributed by atoms with Gasteiger partial charge in [0.1, 0.15) is 0 Å². The summed E-state index contributed by atoms with van der Waals surface area (Å²) in [5, 5.41) is 1.46. The standard InChI is InChI=1S/C70H47N5Si/c1-4-24-48(25-5-1)76(49-26-6-2-7-27-49,50-28-8-3-9-29-50)51-44-45-69(74-64-39-19-12-32-54(64)55-33-13-20-40-65(55)74)59(46-51)61-47-60(71-70(72-61)75-66-41-21-14-34-56(66)57-35-15-22-42-67(57)75)58-36-16-23-43-68(58)73-62-37-17-10-30-52(62)53-31-11-18-38-63(53)73/h1-47H/i10D,11D,12D,13D,14D,15D,17D,18D,19D,20D,21D,22D,30D,31D,32D,33D,34D,35D,37D,38D,39D,40D,41D,42D. The van der Waals surface area contributed by atoms with Crippen molar-refractivity contribution >= 4 is 94.2 Å². The van der Waals surface area contributed by atoms with E-state index in [1.165, 1.54) is 21.3 Å². The highest BCUT2D eigenvalue weighted by Crippen LogP contribution is 2.41. The van der Waals surface area contributed by atoms with Gasteiger partial charge < -0.3 is 9.13 Å². The Labute approximate surface area is 474 Å². The van der Waals surface area contributed by atoms with E-state index >= 15 is 0 Å². The summed E-state index contributed by atoms with van der Waals surface area (Å²) >= 11 is 0. The molecule has 0 aliphatic rings. The van der Waals surface area contributed by atoms with Crippen LogP contribution in [0, 0.1) is 0 Å². The van der Waals surface area contributed by atoms with E-state index in [4.69, 9.17) is 23.7 Å². The molecule has 0 radical (unpaired) electrons. The molecule has 0 spiro atoms. The molecule has 0 N–H and O–H groups in total. The summed E-state index contributed by atoms with van der Waals surface area (Å²) in [7, 11) is -3.75. The van der Waals surface area contributed by atoms with Crippen LogP contribution in [0.25, 0.3) is 105 Å². The minimum atomic E-state index is -3.75. The number of para-hydroxylation sites is 7. The number of hydrogen-bond donors (Lipinski definition) is 0. The molecule has 15 rings (SSSR count). The quantitative estimate of drug-likeness (QED) is 0.107. The molecular formula is C70H47N5Si. The van der Waals surface area contributed by atoms with Crippen molar-refractivity contribution in [2.24, 2.45) is 0 Å². The third kappa shape index (κ3) is 6.64. The van der Waals surface area contributed by atoms with Crippen molar-refractivity contribution in [1.82, 2.24) is 23.7 Å². The molecule has 15 aromatic rings. The Morgan fingerprint density at radius 2 is 0.618 bits per heavy atom. The first-order valence-corrected chi connectivity index (χ1v) is 26.0. The molecule has 6 heteroatoms. The van der Waals surface area contributed by atoms with E-state index in [2.05, 4.69) is 0 Å². The van der Waals surface area contributed by atoms with Crippen molar-refractivity contribution < 1.29 is 32.9 Å². The molecule has 4 heterocycles. The van der Waals surface area contributed by atoms with Crippen LogP contribution in [0.1, 0.15) is 32.9 Å². The molecule has 0 bridgehead atoms. The van der Waals surface area contributed by atoms with Gasteiger partial charge in [0.05, 0.1) is 88.8 Å². The van der Waals surface area contributed by atoms with E-state index in [0.717, 1.165) is 20.1 Å². The SMILES string of the molecule is [2H]c1c([2H])c([2H])c2c(c1[2H])c1c([2H])c([2H])c([2H])c([2H])c1n2-c1nc(-c2ccccc2-n2c3c([2H])c([2H])c([2H])c([2H])c3c3c([2H])c([2H])c([2H])c([2H])c32)cc(-c2cc([Si](c3ccccc3)(c3ccccc3)c3ccccc3)ccc2-n2c3c([2H])c([2H])c([2H])c([2H])c3c3c([2H])c([2H])c([2H])c([2H])c32)n1. The Hall–Kier alpha value is -9.88. The minimum Gasteiger partial charge on any atom is -0.309 e. The van der Waals surface area contributed by atoms with Crippen LogP contribution in [0.15, 0.2) is 285 Å². The fraction of sp³-hybridized carbons (Fsp3) is 0. The van der Waals surface area contributed by atoms with Gasteiger partial charge in [-0.1, -0.05) is 230 Å². The van der Waals surface area contributed by atoms with Gasteiger partial charge >= 0.3 is 0 Å². The van der Waals surface area contributed by atoms with Crippen LogP contribution < -0.4 is 20.7 Å². The maximum absolute atomic E-state index is 9.76. The number of aromatic nitrogens is 5. The molecule has 0 atom stereocenters. The van der Waals surface area contributed by atoms with Gasteiger partial charge in [0, 0.05) is 43.4 Å². The van der Waals surface area contributed by atoms with Gasteiger partial charge in [0.25, 0.3) is 0 Å². The van der Waals surface area contributed by atoms with Crippen molar-refractivity contribution in [1.29, 1.82) is 0 Å². The van der Waals surface area contributed by atoms with Gasteiger partial charge in [-0.15, -0.1) is 0 Å². The van der Waals surface area contributed by atoms with Crippen LogP contribution in [-0.4, -0.2) is 31.7 Å². The highest BCUT2D eigenvalue weighted by molar-refractivity contribution is 7.20. The molecule has 5 nitrogen and oxygen atoms in total. The van der Waals surface area contributed by atoms with Gasteiger partial charge in [-0.25, -0.2) is 9.97 Å². The number of benzene rings is 11. The first-order valence-electron chi connectivity index (χ1n) is 36.0. The third-order valence-corrected chi connectivity index (χ3v) is 18.8. The van der Waals surface area contributed by atoms with E-state index in [1.807, 2.05) is 97.1 Å². The number of fused-ring (bicyclic) bond motifs is 9. The topological polar surface area (TPSA) is 40.6 Å². The second-order valence-corrected chi connectivity index (χ2v) is 21.7. The predicted octanol–water partition coefficient (Wildman–Crippen LogP) is 14.5. The monoisotopic (exact) mass is 1010 g/mol. The normalized spacial score (nSPS) is 16.4. The van der Waals surface area contributed by atoms with Crippen molar-refractivity contribution in [3.63, 3.8) is 0 Å². The van der Waals surface area contributed by atoms with E-state index < -0.39 is 170 Å². The van der Waals surface area contributed by atoms with E-state index in [1.54, 1.807) is 30.3 Å². The lowest BCUT2D eigenvalue weighted by Gasteiger charge is -2.35. The molecule has 0 amide bonds. The van der Waals surface area contributed by atoms with Crippen LogP contribution >= 0.6 is 0 Å². The van der Waals surface area contributed by atoms with Crippen LogP contribution in [0.2, 0.25) is 0 Å². The Bertz CT molecular complexity index is 5830. The van der Waals surface area contributed by atoms with Crippen molar-refractivity contribution in [2.45, 2.75) is 0 Å². The average molecular weight is 1010 g/mol. The predicted molar refractivity (Wildman–Crippen MR) is 320 cm³/mol. The summed E-state index contributed by atoms with van der Waals surface area (Å²) in [5.74, 6) is -0.538. The van der Waals surface area contributed by atoms with Crippen molar-refractivity contribution in [3.05, 3.63) is 285 Å². The molecule has 76 heavy (non-hydrogen) atoms. The van der Waals surface area contributed by atoms with Crippen LogP contribution in [0.3, 0.4) is 0 Å². The maximum Gasteiger partial charge on any atom is 0.235 e. The largest absolute Gasteiger partial charge is 0.309 e. The minimum absolute atomic E-state index is 0.0220. The third-order valence-electron chi connectivity index (χ3n) is 14.0. The van der Waals surface area contributed by atoms with E-state index in [9.17, 15) is 19.2 Å². The summed E-state index contributed by atoms with van der Waals surface area (Å²) in [6.07, 6.45) is 0. The molecule has 11 aromatic carbocycles. The van der Waals surface area contributed by atoms with Crippen molar-refractivity contribution in [2.75, 3.05) is 0 Å². The molecule has 0 saturated carbocycles. The molecule has 0 saturated heterocycles. The second kappa shape index (κ2) is 17.7. The van der Waals surface area contributed by atoms with E-state index in [0.29, 0.717) is 5.19 Å². The maximum atomic E-state index is 9.76. The van der Waals surface area contributed by atoms with Crippen molar-refractivity contribution in [3.8, 4) is 39.8 Å². The molecule has 0 aliphatic heterocycles. The first kappa shape index (κ1) is 25.9. The fourth-order valence-electron chi connectivity index (χ4n) is 10.9. The first-order chi connectivity index (χ1) is 47.7. The highest BCUT2D eigenvalue weighted by atomic mass is 28.3. The molecule has 356 valence electrons. The summed E-state index contributed by atoms with van der Waals surface area (Å²) in [4.78, 5) is 10.6. The molecule has 0 fully saturated rings. The zero-order valence-electron chi connectivity index (χ0n) is 63.5. The molecule has 0 unspecified atom stereocenters. The smallest absolute Gasteiger partial charge is 0.235 e. The Morgan fingerprint density at radius 3 is 1.03 bits per heavy atom. The summed E-state index contributed by atoms with van der Waals surface area (Å²) in [6, 6.07) is 25.3. The Balaban J connectivity index is 1.20. The Morgan fingerprint density at radius 1 is 0.289 bits per heavy atom. The lowest BCUT2D eigenvalue weighted by molar-refractivity contribution is 0.993. The van der Waals surface area contributed by atoms with Crippen LogP contribution in [-0.2, 0) is 0 Å². The van der Waals surface area contributed by atoms with Gasteiger partial charge in [-0.05, 0) is 75.2 Å². The molecular weight excluding hydrogens is 939 g/mol. The number of hydrogen-bond acceptors (Lipinski definition) is 2. The van der Waals surface area contributed by atoms with Crippen LogP contribution in [0.4, 0.5) is 0 Å². The van der Waals surface area contributed by atoms with Gasteiger partial charge in [-0.2, -0.15) is 0 Å². The number of nitrogens with zero attached hydrogens (tertiary/aromatic N) is 5. The molecule has 0 aliphatic carbocycles. The summed E-state index contributed by atoms with van der Waals surface area (Å²) in [5.41, 5.74) is -2.26. The summed E-state index contributed by atoms with van der Waals surface area (Å²) in [6.45, 7) is 0. The lowest BCUT2D eigenvalue weighted by atomic mass is 10.0. The summed E-state index contributed by atoms with van der Waals surface area (Å²) < 4.78 is 226. The van der Waals surface area contributed by atoms with E-state index in [-0.39, 0.29) is 88.3 Å². The zero-order chi connectivity index (χ0) is 71.0. The lowest BCUT2D eigenvalue weighted by Crippen LogP contribution is -2.74. The fourth-order valence-corrected chi connectivity index (χ4v) is 15.6. The second-order valence-electron chi connectivity index (χ2n) is 17.9. The molecule has 4 aromatic heterocycles. The van der Waals surface area contributed by atoms with Gasteiger partial charge in [-0.3, -0.25) is 4.57 Å². The van der Waals surface area contributed by atoms with Gasteiger partial charge in [0.2, 0.25) is 5.95 Å². The zero-order valence-corrected chi connectivity index (χ0v) is 40.5. The number of rotatable bonds is 9.